The number of nitro benzene ring substituents is 1. The van der Waals surface area contributed by atoms with E-state index in [-0.39, 0.29) is 11.3 Å². The van der Waals surface area contributed by atoms with Gasteiger partial charge in [-0.05, 0) is 30.9 Å². The molecule has 1 aliphatic heterocycles. The van der Waals surface area contributed by atoms with Crippen LogP contribution in [0.15, 0.2) is 53.1 Å². The van der Waals surface area contributed by atoms with E-state index in [2.05, 4.69) is 4.98 Å². The fraction of sp³-hybridized carbons (Fsp3) is 0.150. The lowest BCUT2D eigenvalue weighted by atomic mass is 9.95. The van der Waals surface area contributed by atoms with Gasteiger partial charge in [-0.2, -0.15) is 0 Å². The highest BCUT2D eigenvalue weighted by molar-refractivity contribution is 7.16. The SMILES string of the molecule is Cc1nc(N2C(=O)C(O)=C(C(=O)c3cccs3)[C@H]2c2cccc([N+](=O)[O-])c2)sc1C. The number of non-ortho nitro benzene ring substituents is 1. The molecule has 0 saturated heterocycles. The number of thiophene rings is 1. The topological polar surface area (TPSA) is 114 Å². The number of aryl methyl sites for hydroxylation is 2. The zero-order chi connectivity index (χ0) is 21.6. The summed E-state index contributed by atoms with van der Waals surface area (Å²) < 4.78 is 0. The maximum Gasteiger partial charge on any atom is 0.296 e. The third-order valence-corrected chi connectivity index (χ3v) is 6.76. The smallest absolute Gasteiger partial charge is 0.296 e. The summed E-state index contributed by atoms with van der Waals surface area (Å²) in [5, 5.41) is 24.0. The van der Waals surface area contributed by atoms with Crippen LogP contribution in [0.2, 0.25) is 0 Å². The van der Waals surface area contributed by atoms with Crippen LogP contribution in [-0.4, -0.2) is 26.7 Å². The third kappa shape index (κ3) is 3.19. The molecule has 1 aliphatic rings. The van der Waals surface area contributed by atoms with Crippen LogP contribution in [0.3, 0.4) is 0 Å². The molecule has 1 amide bonds. The first-order chi connectivity index (χ1) is 14.3. The first kappa shape index (κ1) is 19.9. The minimum absolute atomic E-state index is 0.117. The maximum atomic E-state index is 13.2. The predicted octanol–water partition coefficient (Wildman–Crippen LogP) is 4.51. The average molecular weight is 441 g/mol. The van der Waals surface area contributed by atoms with Crippen molar-refractivity contribution in [2.45, 2.75) is 19.9 Å². The van der Waals surface area contributed by atoms with Crippen molar-refractivity contribution in [2.75, 3.05) is 4.90 Å². The van der Waals surface area contributed by atoms with Crippen molar-refractivity contribution in [3.8, 4) is 0 Å². The molecule has 3 aromatic rings. The molecular weight excluding hydrogens is 426 g/mol. The van der Waals surface area contributed by atoms with Gasteiger partial charge in [0.05, 0.1) is 27.1 Å². The molecule has 10 heteroatoms. The van der Waals surface area contributed by atoms with Crippen LogP contribution in [-0.2, 0) is 4.79 Å². The molecular formula is C20H15N3O5S2. The Kier molecular flexibility index (Phi) is 4.96. The van der Waals surface area contributed by atoms with E-state index in [1.165, 1.54) is 45.8 Å². The lowest BCUT2D eigenvalue weighted by molar-refractivity contribution is -0.384. The quantitative estimate of drug-likeness (QED) is 0.354. The minimum Gasteiger partial charge on any atom is -0.503 e. The van der Waals surface area contributed by atoms with Gasteiger partial charge in [-0.25, -0.2) is 4.98 Å². The fourth-order valence-electron chi connectivity index (χ4n) is 3.26. The van der Waals surface area contributed by atoms with Gasteiger partial charge in [0.1, 0.15) is 0 Å². The minimum atomic E-state index is -1.03. The maximum absolute atomic E-state index is 13.2. The van der Waals surface area contributed by atoms with Crippen LogP contribution in [0.1, 0.15) is 31.8 Å². The number of nitro groups is 1. The number of hydrogen-bond donors (Lipinski definition) is 1. The summed E-state index contributed by atoms with van der Waals surface area (Å²) in [6.45, 7) is 3.65. The van der Waals surface area contributed by atoms with Gasteiger partial charge in [0, 0.05) is 17.0 Å². The van der Waals surface area contributed by atoms with E-state index in [9.17, 15) is 24.8 Å². The van der Waals surface area contributed by atoms with Crippen molar-refractivity contribution in [3.05, 3.63) is 84.2 Å². The Morgan fingerprint density at radius 1 is 1.27 bits per heavy atom. The highest BCUT2D eigenvalue weighted by Gasteiger charge is 2.46. The monoisotopic (exact) mass is 441 g/mol. The van der Waals surface area contributed by atoms with Crippen molar-refractivity contribution >= 4 is 45.2 Å². The summed E-state index contributed by atoms with van der Waals surface area (Å²) in [6, 6.07) is 7.97. The molecule has 0 aliphatic carbocycles. The number of aliphatic hydroxyl groups is 1. The molecule has 8 nitrogen and oxygen atoms in total. The Morgan fingerprint density at radius 2 is 2.03 bits per heavy atom. The molecule has 0 radical (unpaired) electrons. The number of amides is 1. The van der Waals surface area contributed by atoms with E-state index in [4.69, 9.17) is 0 Å². The standard InChI is InChI=1S/C20H15N3O5S2/c1-10-11(2)30-20(21-10)22-16(12-5-3-6-13(9-12)23(27)28)15(18(25)19(22)26)17(24)14-7-4-8-29-14/h3-9,16,25H,1-2H3/t16-/m1/s1. The molecule has 1 N–H and O–H groups in total. The van der Waals surface area contributed by atoms with E-state index < -0.39 is 28.4 Å². The second-order valence-corrected chi connectivity index (χ2v) is 8.77. The van der Waals surface area contributed by atoms with Gasteiger partial charge in [0.25, 0.3) is 11.6 Å². The van der Waals surface area contributed by atoms with Crippen molar-refractivity contribution in [1.29, 1.82) is 0 Å². The zero-order valence-electron chi connectivity index (χ0n) is 15.9. The summed E-state index contributed by atoms with van der Waals surface area (Å²) in [5.41, 5.74) is 0.763. The molecule has 4 rings (SSSR count). The third-order valence-electron chi connectivity index (χ3n) is 4.82. The molecule has 0 bridgehead atoms. The summed E-state index contributed by atoms with van der Waals surface area (Å²) in [4.78, 5) is 43.8. The van der Waals surface area contributed by atoms with E-state index in [0.717, 1.165) is 10.6 Å². The van der Waals surface area contributed by atoms with Crippen molar-refractivity contribution in [3.63, 3.8) is 0 Å². The Labute approximate surface area is 178 Å². The number of aromatic nitrogens is 1. The molecule has 0 saturated carbocycles. The van der Waals surface area contributed by atoms with Crippen LogP contribution in [0.4, 0.5) is 10.8 Å². The Balaban J connectivity index is 1.91. The molecule has 1 atom stereocenters. The average Bonchev–Trinajstić information content (AvgIpc) is 3.42. The molecule has 2 aromatic heterocycles. The van der Waals surface area contributed by atoms with Gasteiger partial charge in [0.2, 0.25) is 5.78 Å². The fourth-order valence-corrected chi connectivity index (χ4v) is 4.87. The normalized spacial score (nSPS) is 16.4. The van der Waals surface area contributed by atoms with Gasteiger partial charge in [-0.15, -0.1) is 22.7 Å². The molecule has 0 fully saturated rings. The molecule has 0 unspecified atom stereocenters. The molecule has 3 heterocycles. The number of anilines is 1. The lowest BCUT2D eigenvalue weighted by Gasteiger charge is -2.24. The number of carbonyl (C=O) groups excluding carboxylic acids is 2. The number of Topliss-reactive ketones (excluding diaryl/α,β-unsaturated/α-hetero) is 1. The molecule has 0 spiro atoms. The number of nitrogens with zero attached hydrogens (tertiary/aromatic N) is 3. The highest BCUT2D eigenvalue weighted by Crippen LogP contribution is 2.44. The first-order valence-electron chi connectivity index (χ1n) is 8.83. The molecule has 152 valence electrons. The number of thiazole rings is 1. The van der Waals surface area contributed by atoms with Crippen molar-refractivity contribution < 1.29 is 19.6 Å². The van der Waals surface area contributed by atoms with Gasteiger partial charge < -0.3 is 5.11 Å². The summed E-state index contributed by atoms with van der Waals surface area (Å²) in [5.74, 6) is -1.93. The summed E-state index contributed by atoms with van der Waals surface area (Å²) >= 11 is 2.44. The predicted molar refractivity (Wildman–Crippen MR) is 113 cm³/mol. The summed E-state index contributed by atoms with van der Waals surface area (Å²) in [6.07, 6.45) is 0. The summed E-state index contributed by atoms with van der Waals surface area (Å²) in [7, 11) is 0. The van der Waals surface area contributed by atoms with E-state index in [1.54, 1.807) is 30.5 Å². The second kappa shape index (κ2) is 7.47. The number of hydrogen-bond acceptors (Lipinski definition) is 8. The van der Waals surface area contributed by atoms with Crippen LogP contribution in [0.5, 0.6) is 0 Å². The molecule has 30 heavy (non-hydrogen) atoms. The number of carbonyl (C=O) groups is 2. The van der Waals surface area contributed by atoms with E-state index >= 15 is 0 Å². The number of aliphatic hydroxyl groups excluding tert-OH is 1. The van der Waals surface area contributed by atoms with Crippen LogP contribution in [0.25, 0.3) is 0 Å². The van der Waals surface area contributed by atoms with Crippen LogP contribution >= 0.6 is 22.7 Å². The molecule has 1 aromatic carbocycles. The van der Waals surface area contributed by atoms with Crippen LogP contribution < -0.4 is 4.90 Å². The number of rotatable bonds is 5. The van der Waals surface area contributed by atoms with Crippen LogP contribution in [0, 0.1) is 24.0 Å². The first-order valence-corrected chi connectivity index (χ1v) is 10.5. The second-order valence-electron chi connectivity index (χ2n) is 6.64. The highest BCUT2D eigenvalue weighted by atomic mass is 32.1. The Hall–Kier alpha value is -3.37. The number of ketones is 1. The van der Waals surface area contributed by atoms with Crippen molar-refractivity contribution in [1.82, 2.24) is 4.98 Å². The Morgan fingerprint density at radius 3 is 2.63 bits per heavy atom. The zero-order valence-corrected chi connectivity index (χ0v) is 17.5. The van der Waals surface area contributed by atoms with Gasteiger partial charge in [-0.3, -0.25) is 24.6 Å². The lowest BCUT2D eigenvalue weighted by Crippen LogP contribution is -2.31. The largest absolute Gasteiger partial charge is 0.503 e. The van der Waals surface area contributed by atoms with E-state index in [0.29, 0.717) is 15.6 Å². The van der Waals surface area contributed by atoms with Crippen molar-refractivity contribution in [2.24, 2.45) is 0 Å². The van der Waals surface area contributed by atoms with E-state index in [1.807, 2.05) is 6.92 Å². The number of benzene rings is 1. The Bertz CT molecular complexity index is 1190. The van der Waals surface area contributed by atoms with Gasteiger partial charge in [0.15, 0.2) is 10.9 Å². The van der Waals surface area contributed by atoms with Gasteiger partial charge in [-0.1, -0.05) is 18.2 Å². The van der Waals surface area contributed by atoms with Gasteiger partial charge >= 0.3 is 0 Å².